The Morgan fingerprint density at radius 3 is 2.36 bits per heavy atom. The van der Waals surface area contributed by atoms with Crippen molar-refractivity contribution in [3.05, 3.63) is 65.2 Å². The van der Waals surface area contributed by atoms with Gasteiger partial charge < -0.3 is 5.32 Å². The molecule has 5 nitrogen and oxygen atoms in total. The lowest BCUT2D eigenvalue weighted by atomic mass is 10.1. The Hall–Kier alpha value is -2.48. The highest BCUT2D eigenvalue weighted by Gasteiger charge is 2.21. The molecule has 2 aromatic rings. The number of hydrogen-bond donors (Lipinski definition) is 1. The maximum atomic E-state index is 13.3. The van der Waals surface area contributed by atoms with E-state index in [2.05, 4.69) is 5.32 Å². The maximum Gasteiger partial charge on any atom is 0.253 e. The van der Waals surface area contributed by atoms with Crippen LogP contribution < -0.4 is 9.62 Å². The molecule has 1 N–H and O–H groups in total. The van der Waals surface area contributed by atoms with E-state index in [1.807, 2.05) is 0 Å². The SMILES string of the molecule is CC(NC(=O)c1ccccc1N(C)S(C)(=O)=O)c1ccc(F)c(F)c1. The Bertz CT molecular complexity index is 901. The standard InChI is InChI=1S/C17H18F2N2O3S/c1-11(12-8-9-14(18)15(19)10-12)20-17(22)13-6-4-5-7-16(13)21(2)25(3,23)24/h4-11H,1-3H3,(H,20,22). The van der Waals surface area contributed by atoms with Crippen molar-refractivity contribution in [3.63, 3.8) is 0 Å². The molecule has 1 unspecified atom stereocenters. The van der Waals surface area contributed by atoms with Crippen molar-refractivity contribution in [1.82, 2.24) is 5.32 Å². The molecule has 25 heavy (non-hydrogen) atoms. The van der Waals surface area contributed by atoms with E-state index in [9.17, 15) is 22.0 Å². The monoisotopic (exact) mass is 368 g/mol. The lowest BCUT2D eigenvalue weighted by Crippen LogP contribution is -2.31. The maximum absolute atomic E-state index is 13.3. The fourth-order valence-corrected chi connectivity index (χ4v) is 2.77. The molecule has 1 atom stereocenters. The molecule has 2 aromatic carbocycles. The Morgan fingerprint density at radius 2 is 1.76 bits per heavy atom. The van der Waals surface area contributed by atoms with E-state index in [1.54, 1.807) is 19.1 Å². The van der Waals surface area contributed by atoms with Gasteiger partial charge in [0.1, 0.15) is 0 Å². The van der Waals surface area contributed by atoms with Gasteiger partial charge in [-0.1, -0.05) is 18.2 Å². The van der Waals surface area contributed by atoms with Gasteiger partial charge in [-0.2, -0.15) is 0 Å². The van der Waals surface area contributed by atoms with Crippen LogP contribution in [-0.4, -0.2) is 27.6 Å². The van der Waals surface area contributed by atoms with Gasteiger partial charge in [-0.15, -0.1) is 0 Å². The molecular formula is C17H18F2N2O3S. The minimum Gasteiger partial charge on any atom is -0.345 e. The van der Waals surface area contributed by atoms with Crippen LogP contribution in [0.1, 0.15) is 28.9 Å². The van der Waals surface area contributed by atoms with E-state index >= 15 is 0 Å². The van der Waals surface area contributed by atoms with Crippen molar-refractivity contribution >= 4 is 21.6 Å². The Labute approximate surface area is 145 Å². The largest absolute Gasteiger partial charge is 0.345 e. The number of carbonyl (C=O) groups is 1. The molecule has 0 bridgehead atoms. The number of para-hydroxylation sites is 1. The quantitative estimate of drug-likeness (QED) is 0.883. The summed E-state index contributed by atoms with van der Waals surface area (Å²) in [7, 11) is -2.19. The molecule has 1 amide bonds. The van der Waals surface area contributed by atoms with E-state index in [4.69, 9.17) is 0 Å². The van der Waals surface area contributed by atoms with Crippen LogP contribution in [0.2, 0.25) is 0 Å². The molecule has 0 saturated heterocycles. The van der Waals surface area contributed by atoms with Gasteiger partial charge in [0.15, 0.2) is 11.6 Å². The molecule has 0 heterocycles. The lowest BCUT2D eigenvalue weighted by molar-refractivity contribution is 0.0940. The number of sulfonamides is 1. The van der Waals surface area contributed by atoms with E-state index in [1.165, 1.54) is 25.2 Å². The smallest absolute Gasteiger partial charge is 0.253 e. The number of anilines is 1. The summed E-state index contributed by atoms with van der Waals surface area (Å²) in [6.07, 6.45) is 1.03. The van der Waals surface area contributed by atoms with Crippen LogP contribution >= 0.6 is 0 Å². The van der Waals surface area contributed by atoms with Crippen LogP contribution in [0.3, 0.4) is 0 Å². The van der Waals surface area contributed by atoms with Crippen molar-refractivity contribution in [2.24, 2.45) is 0 Å². The molecule has 0 aromatic heterocycles. The number of amides is 1. The van der Waals surface area contributed by atoms with Crippen LogP contribution in [0.4, 0.5) is 14.5 Å². The van der Waals surface area contributed by atoms with Gasteiger partial charge in [-0.3, -0.25) is 9.10 Å². The van der Waals surface area contributed by atoms with Gasteiger partial charge in [0.25, 0.3) is 5.91 Å². The topological polar surface area (TPSA) is 66.5 Å². The first-order valence-corrected chi connectivity index (χ1v) is 9.25. The fourth-order valence-electron chi connectivity index (χ4n) is 2.26. The lowest BCUT2D eigenvalue weighted by Gasteiger charge is -2.21. The zero-order chi connectivity index (χ0) is 18.8. The minimum atomic E-state index is -3.54. The predicted molar refractivity (Wildman–Crippen MR) is 91.9 cm³/mol. The first-order valence-electron chi connectivity index (χ1n) is 7.40. The number of halogens is 2. The molecule has 0 fully saturated rings. The number of nitrogens with zero attached hydrogens (tertiary/aromatic N) is 1. The second-order valence-electron chi connectivity index (χ2n) is 5.62. The second-order valence-corrected chi connectivity index (χ2v) is 7.63. The molecule has 134 valence electrons. The highest BCUT2D eigenvalue weighted by Crippen LogP contribution is 2.23. The van der Waals surface area contributed by atoms with E-state index in [0.717, 1.165) is 22.7 Å². The van der Waals surface area contributed by atoms with Crippen LogP contribution in [0.5, 0.6) is 0 Å². The van der Waals surface area contributed by atoms with Gasteiger partial charge in [-0.25, -0.2) is 17.2 Å². The Balaban J connectivity index is 2.28. The van der Waals surface area contributed by atoms with Crippen LogP contribution in [-0.2, 0) is 10.0 Å². The first kappa shape index (κ1) is 18.9. The third-order valence-electron chi connectivity index (χ3n) is 3.78. The highest BCUT2D eigenvalue weighted by molar-refractivity contribution is 7.92. The number of nitrogens with one attached hydrogen (secondary N) is 1. The zero-order valence-corrected chi connectivity index (χ0v) is 14.8. The van der Waals surface area contributed by atoms with Crippen molar-refractivity contribution in [3.8, 4) is 0 Å². The molecule has 0 aliphatic heterocycles. The summed E-state index contributed by atoms with van der Waals surface area (Å²) >= 11 is 0. The van der Waals surface area contributed by atoms with Crippen molar-refractivity contribution < 1.29 is 22.0 Å². The first-order chi connectivity index (χ1) is 11.6. The van der Waals surface area contributed by atoms with Gasteiger partial charge >= 0.3 is 0 Å². The van der Waals surface area contributed by atoms with E-state index in [0.29, 0.717) is 5.56 Å². The summed E-state index contributed by atoms with van der Waals surface area (Å²) < 4.78 is 50.8. The molecular weight excluding hydrogens is 350 g/mol. The van der Waals surface area contributed by atoms with E-state index < -0.39 is 33.6 Å². The van der Waals surface area contributed by atoms with Gasteiger partial charge in [0.05, 0.1) is 23.5 Å². The molecule has 0 radical (unpaired) electrons. The Kier molecular flexibility index (Phi) is 5.42. The molecule has 2 rings (SSSR count). The fraction of sp³-hybridized carbons (Fsp3) is 0.235. The molecule has 0 spiro atoms. The average Bonchev–Trinajstić information content (AvgIpc) is 2.55. The third kappa shape index (κ3) is 4.33. The van der Waals surface area contributed by atoms with Crippen LogP contribution in [0.15, 0.2) is 42.5 Å². The van der Waals surface area contributed by atoms with Crippen LogP contribution in [0, 0.1) is 11.6 Å². The van der Waals surface area contributed by atoms with Crippen molar-refractivity contribution in [2.75, 3.05) is 17.6 Å². The van der Waals surface area contributed by atoms with Gasteiger partial charge in [0.2, 0.25) is 10.0 Å². The molecule has 0 aliphatic rings. The van der Waals surface area contributed by atoms with Gasteiger partial charge in [-0.05, 0) is 36.8 Å². The van der Waals surface area contributed by atoms with Gasteiger partial charge in [0, 0.05) is 7.05 Å². The normalized spacial score (nSPS) is 12.5. The summed E-state index contributed by atoms with van der Waals surface area (Å²) in [5.74, 6) is -2.50. The average molecular weight is 368 g/mol. The molecule has 0 saturated carbocycles. The number of hydrogen-bond acceptors (Lipinski definition) is 3. The predicted octanol–water partition coefficient (Wildman–Crippen LogP) is 2.85. The summed E-state index contributed by atoms with van der Waals surface area (Å²) in [6, 6.07) is 9.00. The van der Waals surface area contributed by atoms with Crippen LogP contribution in [0.25, 0.3) is 0 Å². The summed E-state index contributed by atoms with van der Waals surface area (Å²) in [5, 5.41) is 2.66. The van der Waals surface area contributed by atoms with Crippen molar-refractivity contribution in [2.45, 2.75) is 13.0 Å². The number of carbonyl (C=O) groups excluding carboxylic acids is 1. The number of rotatable bonds is 5. The van der Waals surface area contributed by atoms with E-state index in [-0.39, 0.29) is 11.3 Å². The Morgan fingerprint density at radius 1 is 1.12 bits per heavy atom. The zero-order valence-electron chi connectivity index (χ0n) is 14.0. The summed E-state index contributed by atoms with van der Waals surface area (Å²) in [4.78, 5) is 12.5. The highest BCUT2D eigenvalue weighted by atomic mass is 32.2. The summed E-state index contributed by atoms with van der Waals surface area (Å²) in [6.45, 7) is 1.62. The molecule has 0 aliphatic carbocycles. The third-order valence-corrected chi connectivity index (χ3v) is 4.97. The number of benzene rings is 2. The minimum absolute atomic E-state index is 0.157. The van der Waals surface area contributed by atoms with Crippen molar-refractivity contribution in [1.29, 1.82) is 0 Å². The summed E-state index contributed by atoms with van der Waals surface area (Å²) in [5.41, 5.74) is 0.769. The second kappa shape index (κ2) is 7.18. The molecule has 8 heteroatoms.